The van der Waals surface area contributed by atoms with Crippen LogP contribution in [0.4, 0.5) is 5.95 Å². The van der Waals surface area contributed by atoms with Gasteiger partial charge in [-0.25, -0.2) is 14.8 Å². The molecule has 4 rings (SSSR count). The summed E-state index contributed by atoms with van der Waals surface area (Å²) in [6.45, 7) is 1.98. The maximum atomic E-state index is 11.8. The van der Waals surface area contributed by atoms with Crippen LogP contribution in [0, 0.1) is 6.92 Å². The van der Waals surface area contributed by atoms with Crippen LogP contribution in [0.15, 0.2) is 24.4 Å². The van der Waals surface area contributed by atoms with E-state index in [4.69, 9.17) is 9.72 Å². The van der Waals surface area contributed by atoms with Gasteiger partial charge in [0.05, 0.1) is 23.9 Å². The van der Waals surface area contributed by atoms with Crippen molar-refractivity contribution in [2.45, 2.75) is 45.1 Å². The Kier molecular flexibility index (Phi) is 4.03. The van der Waals surface area contributed by atoms with Crippen molar-refractivity contribution in [3.8, 4) is 0 Å². The molecule has 6 nitrogen and oxygen atoms in total. The molecule has 6 heteroatoms. The molecule has 0 unspecified atom stereocenters. The Morgan fingerprint density at radius 1 is 1.24 bits per heavy atom. The fourth-order valence-corrected chi connectivity index (χ4v) is 3.61. The summed E-state index contributed by atoms with van der Waals surface area (Å²) < 4.78 is 6.84. The summed E-state index contributed by atoms with van der Waals surface area (Å²) >= 11 is 0. The zero-order valence-electron chi connectivity index (χ0n) is 14.6. The highest BCUT2D eigenvalue weighted by Gasteiger charge is 2.18. The summed E-state index contributed by atoms with van der Waals surface area (Å²) in [6.07, 6.45) is 8.15. The number of nitrogens with zero attached hydrogens (tertiary/aromatic N) is 3. The van der Waals surface area contributed by atoms with E-state index in [1.165, 1.54) is 26.4 Å². The Morgan fingerprint density at radius 3 is 2.80 bits per heavy atom. The molecule has 1 aliphatic rings. The molecule has 25 heavy (non-hydrogen) atoms. The van der Waals surface area contributed by atoms with Crippen molar-refractivity contribution in [3.05, 3.63) is 35.7 Å². The quantitative estimate of drug-likeness (QED) is 0.737. The van der Waals surface area contributed by atoms with E-state index in [1.807, 2.05) is 23.6 Å². The number of ether oxygens (including phenoxy) is 1. The average molecular weight is 338 g/mol. The highest BCUT2D eigenvalue weighted by atomic mass is 16.5. The van der Waals surface area contributed by atoms with Crippen molar-refractivity contribution < 1.29 is 9.53 Å². The Hall–Kier alpha value is -2.63. The van der Waals surface area contributed by atoms with E-state index in [2.05, 4.69) is 10.3 Å². The van der Waals surface area contributed by atoms with E-state index in [0.717, 1.165) is 41.0 Å². The first-order valence-corrected chi connectivity index (χ1v) is 8.80. The van der Waals surface area contributed by atoms with E-state index in [-0.39, 0.29) is 5.97 Å². The predicted molar refractivity (Wildman–Crippen MR) is 97.1 cm³/mol. The molecular weight excluding hydrogens is 316 g/mol. The van der Waals surface area contributed by atoms with Gasteiger partial charge in [-0.1, -0.05) is 19.3 Å². The molecule has 0 atom stereocenters. The first kappa shape index (κ1) is 15.9. The van der Waals surface area contributed by atoms with Gasteiger partial charge < -0.3 is 10.1 Å². The van der Waals surface area contributed by atoms with Crippen LogP contribution >= 0.6 is 0 Å². The van der Waals surface area contributed by atoms with E-state index in [9.17, 15) is 4.79 Å². The second-order valence-corrected chi connectivity index (χ2v) is 6.71. The number of hydrogen-bond acceptors (Lipinski definition) is 5. The van der Waals surface area contributed by atoms with Crippen molar-refractivity contribution >= 4 is 28.5 Å². The van der Waals surface area contributed by atoms with E-state index in [1.54, 1.807) is 12.1 Å². The van der Waals surface area contributed by atoms with E-state index < -0.39 is 0 Å². The third kappa shape index (κ3) is 2.92. The molecule has 1 N–H and O–H groups in total. The van der Waals surface area contributed by atoms with E-state index >= 15 is 0 Å². The van der Waals surface area contributed by atoms with Crippen LogP contribution in [-0.4, -0.2) is 33.5 Å². The van der Waals surface area contributed by atoms with Gasteiger partial charge in [-0.2, -0.15) is 0 Å². The number of imidazole rings is 1. The van der Waals surface area contributed by atoms with Crippen LogP contribution in [0.5, 0.6) is 0 Å². The number of rotatable bonds is 3. The number of fused-ring (bicyclic) bond motifs is 3. The molecule has 2 heterocycles. The molecule has 130 valence electrons. The second-order valence-electron chi connectivity index (χ2n) is 6.71. The Bertz CT molecular complexity index is 941. The minimum absolute atomic E-state index is 0.357. The standard InChI is InChI=1S/C19H22N4O2/c1-12-11-23-17(20-12)15-9-8-13(18(24)25-2)10-16(15)22-19(23)21-14-6-4-3-5-7-14/h8-11,14H,3-7H2,1-2H3,(H,21,22). The average Bonchev–Trinajstić information content (AvgIpc) is 3.03. The highest BCUT2D eigenvalue weighted by molar-refractivity contribution is 5.98. The topological polar surface area (TPSA) is 68.5 Å². The van der Waals surface area contributed by atoms with Crippen molar-refractivity contribution in [2.75, 3.05) is 12.4 Å². The summed E-state index contributed by atoms with van der Waals surface area (Å²) in [5, 5.41) is 4.51. The first-order valence-electron chi connectivity index (χ1n) is 8.80. The van der Waals surface area contributed by atoms with Crippen LogP contribution in [-0.2, 0) is 4.74 Å². The minimum Gasteiger partial charge on any atom is -0.465 e. The third-order valence-corrected chi connectivity index (χ3v) is 4.88. The molecular formula is C19H22N4O2. The summed E-state index contributed by atoms with van der Waals surface area (Å²) in [6, 6.07) is 5.86. The molecule has 0 saturated heterocycles. The number of carbonyl (C=O) groups is 1. The van der Waals surface area contributed by atoms with Crippen molar-refractivity contribution in [2.24, 2.45) is 0 Å². The number of methoxy groups -OCH3 is 1. The van der Waals surface area contributed by atoms with Gasteiger partial charge >= 0.3 is 5.97 Å². The molecule has 0 spiro atoms. The Balaban J connectivity index is 1.85. The van der Waals surface area contributed by atoms with Gasteiger partial charge in [0.15, 0.2) is 0 Å². The molecule has 0 amide bonds. The number of esters is 1. The van der Waals surface area contributed by atoms with Gasteiger partial charge in [0.1, 0.15) is 5.65 Å². The van der Waals surface area contributed by atoms with Gasteiger partial charge in [-0.3, -0.25) is 4.40 Å². The fourth-order valence-electron chi connectivity index (χ4n) is 3.61. The van der Waals surface area contributed by atoms with Gasteiger partial charge in [-0.05, 0) is 38.0 Å². The monoisotopic (exact) mass is 338 g/mol. The fraction of sp³-hybridized carbons (Fsp3) is 0.421. The summed E-state index contributed by atoms with van der Waals surface area (Å²) in [4.78, 5) is 21.3. The number of anilines is 1. The second kappa shape index (κ2) is 6.35. The zero-order chi connectivity index (χ0) is 17.4. The molecule has 2 aromatic heterocycles. The largest absolute Gasteiger partial charge is 0.465 e. The SMILES string of the molecule is COC(=O)c1ccc2c(c1)nc(NC1CCCCC1)n1cc(C)nc21. The van der Waals surface area contributed by atoms with Crippen molar-refractivity contribution in [3.63, 3.8) is 0 Å². The lowest BCUT2D eigenvalue weighted by atomic mass is 9.96. The smallest absolute Gasteiger partial charge is 0.337 e. The van der Waals surface area contributed by atoms with Gasteiger partial charge in [0, 0.05) is 17.6 Å². The number of benzene rings is 1. The van der Waals surface area contributed by atoms with Gasteiger partial charge in [-0.15, -0.1) is 0 Å². The van der Waals surface area contributed by atoms with Crippen LogP contribution in [0.1, 0.15) is 48.2 Å². The maximum Gasteiger partial charge on any atom is 0.337 e. The summed E-state index contributed by atoms with van der Waals surface area (Å²) in [5.41, 5.74) is 3.05. The lowest BCUT2D eigenvalue weighted by Gasteiger charge is -2.23. The van der Waals surface area contributed by atoms with E-state index in [0.29, 0.717) is 11.6 Å². The third-order valence-electron chi connectivity index (χ3n) is 4.88. The van der Waals surface area contributed by atoms with Gasteiger partial charge in [0.2, 0.25) is 5.95 Å². The first-order chi connectivity index (χ1) is 12.2. The van der Waals surface area contributed by atoms with Crippen LogP contribution in [0.25, 0.3) is 16.6 Å². The molecule has 1 fully saturated rings. The Labute approximate surface area is 146 Å². The molecule has 1 saturated carbocycles. The lowest BCUT2D eigenvalue weighted by molar-refractivity contribution is 0.0601. The lowest BCUT2D eigenvalue weighted by Crippen LogP contribution is -2.24. The van der Waals surface area contributed by atoms with Crippen LogP contribution in [0.2, 0.25) is 0 Å². The number of nitrogens with one attached hydrogen (secondary N) is 1. The Morgan fingerprint density at radius 2 is 2.04 bits per heavy atom. The van der Waals surface area contributed by atoms with Crippen molar-refractivity contribution in [1.29, 1.82) is 0 Å². The molecule has 0 radical (unpaired) electrons. The molecule has 3 aromatic rings. The summed E-state index contributed by atoms with van der Waals surface area (Å²) in [7, 11) is 1.39. The van der Waals surface area contributed by atoms with Crippen LogP contribution < -0.4 is 5.32 Å². The molecule has 1 aromatic carbocycles. The van der Waals surface area contributed by atoms with Crippen molar-refractivity contribution in [1.82, 2.24) is 14.4 Å². The van der Waals surface area contributed by atoms with Crippen LogP contribution in [0.3, 0.4) is 0 Å². The zero-order valence-corrected chi connectivity index (χ0v) is 14.6. The molecule has 0 aliphatic heterocycles. The maximum absolute atomic E-state index is 11.8. The molecule has 1 aliphatic carbocycles. The summed E-state index contributed by atoms with van der Waals surface area (Å²) in [5.74, 6) is 0.432. The predicted octanol–water partition coefficient (Wildman–Crippen LogP) is 3.72. The number of aromatic nitrogens is 3. The number of carbonyl (C=O) groups excluding carboxylic acids is 1. The minimum atomic E-state index is -0.357. The number of aryl methyl sites for hydroxylation is 1. The molecule has 0 bridgehead atoms. The van der Waals surface area contributed by atoms with Gasteiger partial charge in [0.25, 0.3) is 0 Å². The normalized spacial score (nSPS) is 15.6. The number of hydrogen-bond donors (Lipinski definition) is 1. The highest BCUT2D eigenvalue weighted by Crippen LogP contribution is 2.26.